The molecule has 1 fully saturated rings. The van der Waals surface area contributed by atoms with Gasteiger partial charge in [0.1, 0.15) is 0 Å². The monoisotopic (exact) mass is 273 g/mol. The molecule has 0 bridgehead atoms. The van der Waals surface area contributed by atoms with E-state index in [4.69, 9.17) is 0 Å². The zero-order valence-corrected chi connectivity index (χ0v) is 13.7. The van der Waals surface area contributed by atoms with E-state index in [1.807, 2.05) is 0 Å². The molecule has 0 aromatic heterocycles. The molecular formula is C19H31N. The lowest BCUT2D eigenvalue weighted by Gasteiger charge is -2.42. The van der Waals surface area contributed by atoms with E-state index in [1.165, 1.54) is 37.8 Å². The number of nitrogens with one attached hydrogen (secondary N) is 1. The summed E-state index contributed by atoms with van der Waals surface area (Å²) in [5.74, 6) is 2.56. The van der Waals surface area contributed by atoms with Crippen LogP contribution in [0.15, 0.2) is 30.3 Å². The highest BCUT2D eigenvalue weighted by Crippen LogP contribution is 2.43. The smallest absolute Gasteiger partial charge is 0.00208 e. The topological polar surface area (TPSA) is 12.0 Å². The highest BCUT2D eigenvalue weighted by atomic mass is 14.8. The van der Waals surface area contributed by atoms with Gasteiger partial charge in [-0.1, -0.05) is 51.1 Å². The molecule has 0 aliphatic heterocycles. The minimum Gasteiger partial charge on any atom is -0.319 e. The zero-order valence-electron chi connectivity index (χ0n) is 13.7. The summed E-state index contributed by atoms with van der Waals surface area (Å²) in [6.07, 6.45) is 5.44. The van der Waals surface area contributed by atoms with E-state index in [-0.39, 0.29) is 0 Å². The minimum absolute atomic E-state index is 0.458. The average molecular weight is 273 g/mol. The Kier molecular flexibility index (Phi) is 5.26. The highest BCUT2D eigenvalue weighted by molar-refractivity contribution is 5.15. The van der Waals surface area contributed by atoms with E-state index < -0.39 is 0 Å². The van der Waals surface area contributed by atoms with Crippen molar-refractivity contribution >= 4 is 0 Å². The van der Waals surface area contributed by atoms with E-state index in [9.17, 15) is 0 Å². The van der Waals surface area contributed by atoms with Crippen molar-refractivity contribution in [2.75, 3.05) is 13.6 Å². The largest absolute Gasteiger partial charge is 0.319 e. The first-order chi connectivity index (χ1) is 9.50. The molecule has 2 rings (SSSR count). The second kappa shape index (κ2) is 6.76. The molecule has 112 valence electrons. The second-order valence-electron chi connectivity index (χ2n) is 7.64. The van der Waals surface area contributed by atoms with Gasteiger partial charge >= 0.3 is 0 Å². The van der Waals surface area contributed by atoms with Gasteiger partial charge in [-0.05, 0) is 68.0 Å². The predicted octanol–water partition coefficient (Wildman–Crippen LogP) is 4.53. The summed E-state index contributed by atoms with van der Waals surface area (Å²) in [6, 6.07) is 11.0. The Bertz CT molecular complexity index is 390. The summed E-state index contributed by atoms with van der Waals surface area (Å²) in [5, 5.41) is 3.41. The molecule has 1 nitrogen and oxygen atoms in total. The maximum atomic E-state index is 3.41. The van der Waals surface area contributed by atoms with Gasteiger partial charge in [-0.2, -0.15) is 0 Å². The van der Waals surface area contributed by atoms with Crippen molar-refractivity contribution in [1.82, 2.24) is 5.32 Å². The summed E-state index contributed by atoms with van der Waals surface area (Å²) in [6.45, 7) is 8.41. The van der Waals surface area contributed by atoms with Gasteiger partial charge in [0.15, 0.2) is 0 Å². The zero-order chi connectivity index (χ0) is 14.6. The molecule has 20 heavy (non-hydrogen) atoms. The first kappa shape index (κ1) is 15.6. The molecule has 0 spiro atoms. The molecule has 1 N–H and O–H groups in total. The fraction of sp³-hybridized carbons (Fsp3) is 0.684. The highest BCUT2D eigenvalue weighted by Gasteiger charge is 2.35. The van der Waals surface area contributed by atoms with E-state index in [2.05, 4.69) is 63.5 Å². The maximum Gasteiger partial charge on any atom is -0.00208 e. The molecule has 0 amide bonds. The number of hydrogen-bond donors (Lipinski definition) is 1. The van der Waals surface area contributed by atoms with Crippen LogP contribution in [0.3, 0.4) is 0 Å². The molecule has 0 radical (unpaired) electrons. The van der Waals surface area contributed by atoms with Gasteiger partial charge in [0.25, 0.3) is 0 Å². The molecule has 0 saturated heterocycles. The second-order valence-corrected chi connectivity index (χ2v) is 7.64. The van der Waals surface area contributed by atoms with Crippen LogP contribution in [0.4, 0.5) is 0 Å². The van der Waals surface area contributed by atoms with Gasteiger partial charge < -0.3 is 5.32 Å². The Morgan fingerprint density at radius 3 is 2.35 bits per heavy atom. The first-order valence-electron chi connectivity index (χ1n) is 8.19. The van der Waals surface area contributed by atoms with Crippen LogP contribution >= 0.6 is 0 Å². The van der Waals surface area contributed by atoms with Crippen LogP contribution in [0.2, 0.25) is 0 Å². The van der Waals surface area contributed by atoms with Crippen molar-refractivity contribution in [2.45, 2.75) is 46.5 Å². The van der Waals surface area contributed by atoms with Gasteiger partial charge in [0.05, 0.1) is 0 Å². The van der Waals surface area contributed by atoms with E-state index in [1.54, 1.807) is 0 Å². The summed E-state index contributed by atoms with van der Waals surface area (Å²) in [5.41, 5.74) is 1.97. The predicted molar refractivity (Wildman–Crippen MR) is 87.8 cm³/mol. The Hall–Kier alpha value is -0.820. The molecule has 1 aliphatic carbocycles. The summed E-state index contributed by atoms with van der Waals surface area (Å²) >= 11 is 0. The standard InChI is InChI=1S/C19H31N/c1-19(2,3)18-11-10-16(14-20-4)17(13-18)12-15-8-6-5-7-9-15/h5-9,16-18,20H,10-14H2,1-4H3. The minimum atomic E-state index is 0.458. The van der Waals surface area contributed by atoms with Crippen molar-refractivity contribution in [3.8, 4) is 0 Å². The molecule has 1 saturated carbocycles. The lowest BCUT2D eigenvalue weighted by atomic mass is 9.64. The molecule has 3 unspecified atom stereocenters. The van der Waals surface area contributed by atoms with Gasteiger partial charge in [0, 0.05) is 0 Å². The van der Waals surface area contributed by atoms with Gasteiger partial charge in [-0.25, -0.2) is 0 Å². The van der Waals surface area contributed by atoms with Crippen LogP contribution < -0.4 is 5.32 Å². The van der Waals surface area contributed by atoms with Gasteiger partial charge in [-0.15, -0.1) is 0 Å². The third-order valence-electron chi connectivity index (χ3n) is 5.17. The maximum absolute atomic E-state index is 3.41. The van der Waals surface area contributed by atoms with E-state index in [0.717, 1.165) is 17.8 Å². The Morgan fingerprint density at radius 1 is 1.05 bits per heavy atom. The Labute approximate surface area is 125 Å². The van der Waals surface area contributed by atoms with E-state index in [0.29, 0.717) is 5.41 Å². The van der Waals surface area contributed by atoms with Crippen LogP contribution in [-0.2, 0) is 6.42 Å². The van der Waals surface area contributed by atoms with Crippen LogP contribution in [0, 0.1) is 23.2 Å². The first-order valence-corrected chi connectivity index (χ1v) is 8.19. The lowest BCUT2D eigenvalue weighted by Crippen LogP contribution is -2.36. The van der Waals surface area contributed by atoms with Crippen molar-refractivity contribution in [1.29, 1.82) is 0 Å². The van der Waals surface area contributed by atoms with Gasteiger partial charge in [-0.3, -0.25) is 0 Å². The number of rotatable bonds is 4. The van der Waals surface area contributed by atoms with Crippen LogP contribution in [0.5, 0.6) is 0 Å². The molecule has 1 heteroatoms. The van der Waals surface area contributed by atoms with Crippen LogP contribution in [0.1, 0.15) is 45.6 Å². The molecule has 1 aliphatic rings. The average Bonchev–Trinajstić information content (AvgIpc) is 2.41. The lowest BCUT2D eigenvalue weighted by molar-refractivity contribution is 0.0980. The van der Waals surface area contributed by atoms with Crippen LogP contribution in [-0.4, -0.2) is 13.6 Å². The SMILES string of the molecule is CNCC1CCC(C(C)(C)C)CC1Cc1ccccc1. The normalized spacial score (nSPS) is 27.5. The third-order valence-corrected chi connectivity index (χ3v) is 5.17. The molecule has 0 heterocycles. The molecule has 1 aromatic carbocycles. The Balaban J connectivity index is 2.07. The van der Waals surface area contributed by atoms with E-state index >= 15 is 0 Å². The Morgan fingerprint density at radius 2 is 1.75 bits per heavy atom. The van der Waals surface area contributed by atoms with Crippen molar-refractivity contribution in [2.24, 2.45) is 23.2 Å². The third kappa shape index (κ3) is 4.09. The fourth-order valence-corrected chi connectivity index (χ4v) is 3.81. The molecular weight excluding hydrogens is 242 g/mol. The van der Waals surface area contributed by atoms with Crippen molar-refractivity contribution in [3.63, 3.8) is 0 Å². The molecule has 1 aromatic rings. The summed E-state index contributed by atoms with van der Waals surface area (Å²) in [7, 11) is 2.09. The quantitative estimate of drug-likeness (QED) is 0.850. The summed E-state index contributed by atoms with van der Waals surface area (Å²) < 4.78 is 0. The van der Waals surface area contributed by atoms with Crippen molar-refractivity contribution in [3.05, 3.63) is 35.9 Å². The molecule has 3 atom stereocenters. The van der Waals surface area contributed by atoms with Gasteiger partial charge in [0.2, 0.25) is 0 Å². The fourth-order valence-electron chi connectivity index (χ4n) is 3.81. The summed E-state index contributed by atoms with van der Waals surface area (Å²) in [4.78, 5) is 0. The number of benzene rings is 1. The van der Waals surface area contributed by atoms with Crippen molar-refractivity contribution < 1.29 is 0 Å². The van der Waals surface area contributed by atoms with Crippen LogP contribution in [0.25, 0.3) is 0 Å². The number of hydrogen-bond acceptors (Lipinski definition) is 1.